The SMILES string of the molecule is Cc1ccc(C(NC(=O)c2ccccc2Br)c2ccccc2)cc1. The maximum Gasteiger partial charge on any atom is 0.253 e. The van der Waals surface area contributed by atoms with Crippen LogP contribution < -0.4 is 5.32 Å². The highest BCUT2D eigenvalue weighted by Crippen LogP contribution is 2.24. The molecule has 1 atom stereocenters. The predicted octanol–water partition coefficient (Wildman–Crippen LogP) is 5.28. The Morgan fingerprint density at radius 1 is 0.833 bits per heavy atom. The third kappa shape index (κ3) is 3.74. The summed E-state index contributed by atoms with van der Waals surface area (Å²) < 4.78 is 0.790. The molecular formula is C21H18BrNO. The molecule has 3 aromatic rings. The molecule has 2 nitrogen and oxygen atoms in total. The van der Waals surface area contributed by atoms with Gasteiger partial charge in [-0.15, -0.1) is 0 Å². The van der Waals surface area contributed by atoms with Crippen LogP contribution in [-0.4, -0.2) is 5.91 Å². The summed E-state index contributed by atoms with van der Waals surface area (Å²) >= 11 is 3.45. The second kappa shape index (κ2) is 7.45. The van der Waals surface area contributed by atoms with E-state index in [1.54, 1.807) is 0 Å². The van der Waals surface area contributed by atoms with E-state index in [1.165, 1.54) is 5.56 Å². The fraction of sp³-hybridized carbons (Fsp3) is 0.0952. The van der Waals surface area contributed by atoms with Crippen molar-refractivity contribution in [2.24, 2.45) is 0 Å². The summed E-state index contributed by atoms with van der Waals surface area (Å²) in [4.78, 5) is 12.7. The van der Waals surface area contributed by atoms with Crippen molar-refractivity contribution in [1.82, 2.24) is 5.32 Å². The Bertz CT molecular complexity index is 828. The van der Waals surface area contributed by atoms with Gasteiger partial charge >= 0.3 is 0 Å². The molecule has 0 fully saturated rings. The molecular weight excluding hydrogens is 362 g/mol. The summed E-state index contributed by atoms with van der Waals surface area (Å²) in [5.74, 6) is -0.100. The summed E-state index contributed by atoms with van der Waals surface area (Å²) in [7, 11) is 0. The zero-order valence-corrected chi connectivity index (χ0v) is 15.0. The molecule has 24 heavy (non-hydrogen) atoms. The highest BCUT2D eigenvalue weighted by molar-refractivity contribution is 9.10. The number of amides is 1. The van der Waals surface area contributed by atoms with Gasteiger partial charge in [0.2, 0.25) is 0 Å². The van der Waals surface area contributed by atoms with E-state index in [9.17, 15) is 4.79 Å². The monoisotopic (exact) mass is 379 g/mol. The summed E-state index contributed by atoms with van der Waals surface area (Å²) in [6.45, 7) is 2.06. The molecule has 0 aliphatic rings. The lowest BCUT2D eigenvalue weighted by Gasteiger charge is -2.20. The van der Waals surface area contributed by atoms with Gasteiger partial charge in [0.25, 0.3) is 5.91 Å². The lowest BCUT2D eigenvalue weighted by molar-refractivity contribution is 0.0942. The fourth-order valence-electron chi connectivity index (χ4n) is 2.62. The first kappa shape index (κ1) is 16.5. The number of carbonyl (C=O) groups is 1. The van der Waals surface area contributed by atoms with E-state index in [4.69, 9.17) is 0 Å². The minimum absolute atomic E-state index is 0.100. The fourth-order valence-corrected chi connectivity index (χ4v) is 3.08. The van der Waals surface area contributed by atoms with Crippen LogP contribution in [0.3, 0.4) is 0 Å². The van der Waals surface area contributed by atoms with Crippen LogP contribution in [0.15, 0.2) is 83.3 Å². The normalized spacial score (nSPS) is 11.8. The van der Waals surface area contributed by atoms with E-state index in [0.29, 0.717) is 5.56 Å². The highest BCUT2D eigenvalue weighted by atomic mass is 79.9. The molecule has 1 N–H and O–H groups in total. The van der Waals surface area contributed by atoms with Crippen LogP contribution in [0.4, 0.5) is 0 Å². The third-order valence-corrected chi connectivity index (χ3v) is 4.63. The number of benzene rings is 3. The maximum absolute atomic E-state index is 12.7. The number of hydrogen-bond acceptors (Lipinski definition) is 1. The van der Waals surface area contributed by atoms with Gasteiger partial charge in [-0.1, -0.05) is 72.3 Å². The second-order valence-corrected chi connectivity index (χ2v) is 6.56. The number of rotatable bonds is 4. The summed E-state index contributed by atoms with van der Waals surface area (Å²) in [6, 6.07) is 25.5. The predicted molar refractivity (Wildman–Crippen MR) is 101 cm³/mol. The molecule has 3 rings (SSSR count). The maximum atomic E-state index is 12.7. The highest BCUT2D eigenvalue weighted by Gasteiger charge is 2.18. The molecule has 0 spiro atoms. The molecule has 0 aromatic heterocycles. The summed E-state index contributed by atoms with van der Waals surface area (Å²) in [5.41, 5.74) is 3.95. The van der Waals surface area contributed by atoms with Crippen molar-refractivity contribution in [3.8, 4) is 0 Å². The Balaban J connectivity index is 1.95. The molecule has 0 saturated carbocycles. The first-order valence-electron chi connectivity index (χ1n) is 7.82. The van der Waals surface area contributed by atoms with Crippen LogP contribution in [0.1, 0.15) is 33.1 Å². The molecule has 1 amide bonds. The molecule has 0 aliphatic carbocycles. The first-order chi connectivity index (χ1) is 11.6. The van der Waals surface area contributed by atoms with Gasteiger partial charge in [-0.2, -0.15) is 0 Å². The minimum Gasteiger partial charge on any atom is -0.341 e. The number of aryl methyl sites for hydroxylation is 1. The second-order valence-electron chi connectivity index (χ2n) is 5.71. The largest absolute Gasteiger partial charge is 0.341 e. The zero-order valence-electron chi connectivity index (χ0n) is 13.4. The molecule has 0 saturated heterocycles. The van der Waals surface area contributed by atoms with Crippen molar-refractivity contribution in [3.05, 3.63) is 106 Å². The van der Waals surface area contributed by atoms with Crippen LogP contribution >= 0.6 is 15.9 Å². The Morgan fingerprint density at radius 2 is 1.42 bits per heavy atom. The molecule has 0 radical (unpaired) electrons. The van der Waals surface area contributed by atoms with Gasteiger partial charge in [0.05, 0.1) is 11.6 Å². The lowest BCUT2D eigenvalue weighted by atomic mass is 9.97. The van der Waals surface area contributed by atoms with Gasteiger partial charge in [0.15, 0.2) is 0 Å². The Morgan fingerprint density at radius 3 is 2.08 bits per heavy atom. The minimum atomic E-state index is -0.189. The van der Waals surface area contributed by atoms with Gasteiger partial charge in [-0.3, -0.25) is 4.79 Å². The number of hydrogen-bond donors (Lipinski definition) is 1. The average molecular weight is 380 g/mol. The Labute approximate surface area is 150 Å². The quantitative estimate of drug-likeness (QED) is 0.656. The smallest absolute Gasteiger partial charge is 0.253 e. The van der Waals surface area contributed by atoms with Gasteiger partial charge in [-0.25, -0.2) is 0 Å². The van der Waals surface area contributed by atoms with Gasteiger partial charge in [-0.05, 0) is 46.1 Å². The molecule has 0 aliphatic heterocycles. The van der Waals surface area contributed by atoms with E-state index in [1.807, 2.05) is 54.6 Å². The number of halogens is 1. The van der Waals surface area contributed by atoms with Crippen LogP contribution in [0.2, 0.25) is 0 Å². The first-order valence-corrected chi connectivity index (χ1v) is 8.61. The van der Waals surface area contributed by atoms with Crippen LogP contribution in [0.5, 0.6) is 0 Å². The molecule has 3 heteroatoms. The molecule has 0 bridgehead atoms. The van der Waals surface area contributed by atoms with Gasteiger partial charge in [0.1, 0.15) is 0 Å². The van der Waals surface area contributed by atoms with Crippen molar-refractivity contribution in [3.63, 3.8) is 0 Å². The van der Waals surface area contributed by atoms with E-state index in [0.717, 1.165) is 15.6 Å². The van der Waals surface area contributed by atoms with E-state index in [-0.39, 0.29) is 11.9 Å². The van der Waals surface area contributed by atoms with Gasteiger partial charge < -0.3 is 5.32 Å². The van der Waals surface area contributed by atoms with Crippen molar-refractivity contribution in [2.45, 2.75) is 13.0 Å². The Hall–Kier alpha value is -2.39. The van der Waals surface area contributed by atoms with Crippen molar-refractivity contribution in [1.29, 1.82) is 0 Å². The molecule has 0 heterocycles. The zero-order chi connectivity index (χ0) is 16.9. The standard InChI is InChI=1S/C21H18BrNO/c1-15-11-13-17(14-12-15)20(16-7-3-2-4-8-16)23-21(24)18-9-5-6-10-19(18)22/h2-14,20H,1H3,(H,23,24). The van der Waals surface area contributed by atoms with Gasteiger partial charge in [0, 0.05) is 4.47 Å². The van der Waals surface area contributed by atoms with Crippen molar-refractivity contribution in [2.75, 3.05) is 0 Å². The topological polar surface area (TPSA) is 29.1 Å². The summed E-state index contributed by atoms with van der Waals surface area (Å²) in [6.07, 6.45) is 0. The number of nitrogens with one attached hydrogen (secondary N) is 1. The van der Waals surface area contributed by atoms with Crippen molar-refractivity contribution >= 4 is 21.8 Å². The van der Waals surface area contributed by atoms with Crippen molar-refractivity contribution < 1.29 is 4.79 Å². The summed E-state index contributed by atoms with van der Waals surface area (Å²) in [5, 5.41) is 3.16. The third-order valence-electron chi connectivity index (χ3n) is 3.94. The molecule has 3 aromatic carbocycles. The number of carbonyl (C=O) groups excluding carboxylic acids is 1. The van der Waals surface area contributed by atoms with Crippen LogP contribution in [0.25, 0.3) is 0 Å². The van der Waals surface area contributed by atoms with Crippen LogP contribution in [0, 0.1) is 6.92 Å². The average Bonchev–Trinajstić information content (AvgIpc) is 2.61. The van der Waals surface area contributed by atoms with E-state index >= 15 is 0 Å². The molecule has 1 unspecified atom stereocenters. The van der Waals surface area contributed by atoms with E-state index in [2.05, 4.69) is 52.4 Å². The lowest BCUT2D eigenvalue weighted by Crippen LogP contribution is -2.29. The van der Waals surface area contributed by atoms with E-state index < -0.39 is 0 Å². The Kier molecular flexibility index (Phi) is 5.11. The molecule has 120 valence electrons. The van der Waals surface area contributed by atoms with Crippen LogP contribution in [-0.2, 0) is 0 Å².